The molecule has 0 aliphatic heterocycles. The normalized spacial score (nSPS) is 11.5. The van der Waals surface area contributed by atoms with E-state index in [0.717, 1.165) is 22.8 Å². The monoisotopic (exact) mass is 366 g/mol. The van der Waals surface area contributed by atoms with Crippen molar-refractivity contribution in [2.24, 2.45) is 0 Å². The highest BCUT2D eigenvalue weighted by molar-refractivity contribution is 5.98. The van der Waals surface area contributed by atoms with Crippen LogP contribution >= 0.6 is 0 Å². The van der Waals surface area contributed by atoms with Gasteiger partial charge in [0.2, 0.25) is 0 Å². The van der Waals surface area contributed by atoms with Gasteiger partial charge in [0.15, 0.2) is 0 Å². The van der Waals surface area contributed by atoms with Crippen LogP contribution in [0.25, 0.3) is 16.8 Å². The van der Waals surface area contributed by atoms with Crippen LogP contribution in [0.3, 0.4) is 0 Å². The summed E-state index contributed by atoms with van der Waals surface area (Å²) < 4.78 is 0. The second-order valence-electron chi connectivity index (χ2n) is 7.54. The average Bonchev–Trinajstić information content (AvgIpc) is 2.66. The molecule has 0 fully saturated rings. The quantitative estimate of drug-likeness (QED) is 0.389. The van der Waals surface area contributed by atoms with Crippen LogP contribution in [0.15, 0.2) is 36.4 Å². The summed E-state index contributed by atoms with van der Waals surface area (Å²) in [5, 5.41) is 11.4. The standard InChI is InChI=1S/C25H34O2/c1-3-4-5-6-7-8-9-10-11-12-13-14-21-15-17-23-20(2)24(25(26)27)18-16-22(23)19-21/h13-19H,3-12H2,1-2H3,(H,26,27)/b14-13+. The summed E-state index contributed by atoms with van der Waals surface area (Å²) in [6, 6.07) is 9.86. The van der Waals surface area contributed by atoms with Gasteiger partial charge >= 0.3 is 5.97 Å². The number of aromatic carboxylic acids is 1. The van der Waals surface area contributed by atoms with Gasteiger partial charge in [-0.2, -0.15) is 0 Å². The Hall–Kier alpha value is -2.09. The molecule has 0 aromatic heterocycles. The van der Waals surface area contributed by atoms with Gasteiger partial charge in [-0.1, -0.05) is 88.6 Å². The van der Waals surface area contributed by atoms with Crippen molar-refractivity contribution in [3.63, 3.8) is 0 Å². The third-order valence-corrected chi connectivity index (χ3v) is 5.33. The van der Waals surface area contributed by atoms with Crippen molar-refractivity contribution in [1.29, 1.82) is 0 Å². The SMILES string of the molecule is CCCCCCCCCCC/C=C/c1ccc2c(C)c(C(=O)O)ccc2c1. The lowest BCUT2D eigenvalue weighted by Crippen LogP contribution is -1.99. The van der Waals surface area contributed by atoms with Gasteiger partial charge in [-0.05, 0) is 53.8 Å². The Kier molecular flexibility index (Phi) is 9.10. The van der Waals surface area contributed by atoms with Crippen LogP contribution in [0.5, 0.6) is 0 Å². The number of rotatable bonds is 12. The summed E-state index contributed by atoms with van der Waals surface area (Å²) in [6.07, 6.45) is 17.8. The Labute approximate surface area is 164 Å². The van der Waals surface area contributed by atoms with Crippen molar-refractivity contribution in [1.82, 2.24) is 0 Å². The molecule has 27 heavy (non-hydrogen) atoms. The Morgan fingerprint density at radius 1 is 0.926 bits per heavy atom. The lowest BCUT2D eigenvalue weighted by atomic mass is 9.98. The molecule has 0 amide bonds. The minimum atomic E-state index is -0.862. The van der Waals surface area contributed by atoms with Gasteiger partial charge in [-0.3, -0.25) is 0 Å². The number of fused-ring (bicyclic) bond motifs is 1. The zero-order chi connectivity index (χ0) is 19.5. The molecule has 2 aromatic rings. The van der Waals surface area contributed by atoms with Crippen molar-refractivity contribution < 1.29 is 9.90 Å². The summed E-state index contributed by atoms with van der Waals surface area (Å²) in [4.78, 5) is 11.2. The van der Waals surface area contributed by atoms with Gasteiger partial charge in [0.25, 0.3) is 0 Å². The van der Waals surface area contributed by atoms with E-state index in [-0.39, 0.29) is 0 Å². The molecule has 0 saturated carbocycles. The van der Waals surface area contributed by atoms with E-state index in [1.54, 1.807) is 6.07 Å². The smallest absolute Gasteiger partial charge is 0.335 e. The molecule has 2 rings (SSSR count). The molecular formula is C25H34O2. The van der Waals surface area contributed by atoms with Gasteiger partial charge in [0, 0.05) is 0 Å². The molecule has 146 valence electrons. The van der Waals surface area contributed by atoms with Gasteiger partial charge in [0.1, 0.15) is 0 Å². The highest BCUT2D eigenvalue weighted by Crippen LogP contribution is 2.24. The third-order valence-electron chi connectivity index (χ3n) is 5.33. The molecule has 0 heterocycles. The number of aryl methyl sites for hydroxylation is 1. The first-order valence-electron chi connectivity index (χ1n) is 10.6. The average molecular weight is 367 g/mol. The number of hydrogen-bond acceptors (Lipinski definition) is 1. The maximum atomic E-state index is 11.2. The first-order valence-corrected chi connectivity index (χ1v) is 10.6. The van der Waals surface area contributed by atoms with Crippen LogP contribution in [0.4, 0.5) is 0 Å². The maximum Gasteiger partial charge on any atom is 0.335 e. The fourth-order valence-electron chi connectivity index (χ4n) is 3.63. The van der Waals surface area contributed by atoms with Crippen molar-refractivity contribution in [3.8, 4) is 0 Å². The summed E-state index contributed by atoms with van der Waals surface area (Å²) in [5.41, 5.74) is 2.40. The van der Waals surface area contributed by atoms with Gasteiger partial charge in [-0.15, -0.1) is 0 Å². The summed E-state index contributed by atoms with van der Waals surface area (Å²) in [6.45, 7) is 4.15. The van der Waals surface area contributed by atoms with Gasteiger partial charge in [0.05, 0.1) is 5.56 Å². The van der Waals surface area contributed by atoms with E-state index in [4.69, 9.17) is 0 Å². The van der Waals surface area contributed by atoms with Gasteiger partial charge < -0.3 is 5.11 Å². The third kappa shape index (κ3) is 6.86. The number of unbranched alkanes of at least 4 members (excludes halogenated alkanes) is 9. The zero-order valence-electron chi connectivity index (χ0n) is 17.0. The summed E-state index contributed by atoms with van der Waals surface area (Å²) >= 11 is 0. The van der Waals surface area contributed by atoms with E-state index in [9.17, 15) is 9.90 Å². The number of carbonyl (C=O) groups is 1. The molecule has 0 aliphatic rings. The van der Waals surface area contributed by atoms with Crippen molar-refractivity contribution >= 4 is 22.8 Å². The molecular weight excluding hydrogens is 332 g/mol. The van der Waals surface area contributed by atoms with Crippen molar-refractivity contribution in [2.45, 2.75) is 78.1 Å². The van der Waals surface area contributed by atoms with E-state index in [2.05, 4.69) is 31.2 Å². The van der Waals surface area contributed by atoms with E-state index in [1.807, 2.05) is 19.1 Å². The maximum absolute atomic E-state index is 11.2. The Bertz CT molecular complexity index is 758. The minimum absolute atomic E-state index is 0.385. The van der Waals surface area contributed by atoms with E-state index < -0.39 is 5.97 Å². The minimum Gasteiger partial charge on any atom is -0.478 e. The number of carboxylic acids is 1. The molecule has 0 spiro atoms. The van der Waals surface area contributed by atoms with Crippen molar-refractivity contribution in [2.75, 3.05) is 0 Å². The second-order valence-corrected chi connectivity index (χ2v) is 7.54. The lowest BCUT2D eigenvalue weighted by Gasteiger charge is -2.07. The van der Waals surface area contributed by atoms with Crippen LogP contribution in [-0.4, -0.2) is 11.1 Å². The largest absolute Gasteiger partial charge is 0.478 e. The fourth-order valence-corrected chi connectivity index (χ4v) is 3.63. The second kappa shape index (κ2) is 11.6. The lowest BCUT2D eigenvalue weighted by molar-refractivity contribution is 0.0696. The summed E-state index contributed by atoms with van der Waals surface area (Å²) in [7, 11) is 0. The van der Waals surface area contributed by atoms with Crippen LogP contribution in [0.1, 0.15) is 92.6 Å². The highest BCUT2D eigenvalue weighted by Gasteiger charge is 2.09. The molecule has 0 unspecified atom stereocenters. The molecule has 0 radical (unpaired) electrons. The van der Waals surface area contributed by atoms with Crippen LogP contribution in [-0.2, 0) is 0 Å². The molecule has 0 saturated heterocycles. The predicted molar refractivity (Wildman–Crippen MR) is 117 cm³/mol. The molecule has 2 aromatic carbocycles. The predicted octanol–water partition coefficient (Wildman–Crippen LogP) is 7.78. The molecule has 2 nitrogen and oxygen atoms in total. The zero-order valence-corrected chi connectivity index (χ0v) is 17.0. The molecule has 0 bridgehead atoms. The Balaban J connectivity index is 1.75. The molecule has 1 N–H and O–H groups in total. The van der Waals surface area contributed by atoms with Crippen molar-refractivity contribution in [3.05, 3.63) is 53.1 Å². The topological polar surface area (TPSA) is 37.3 Å². The summed E-state index contributed by atoms with van der Waals surface area (Å²) in [5.74, 6) is -0.862. The van der Waals surface area contributed by atoms with Crippen LogP contribution in [0, 0.1) is 6.92 Å². The van der Waals surface area contributed by atoms with Crippen LogP contribution < -0.4 is 0 Å². The Morgan fingerprint density at radius 3 is 2.26 bits per heavy atom. The van der Waals surface area contributed by atoms with Crippen LogP contribution in [0.2, 0.25) is 0 Å². The molecule has 2 heteroatoms. The number of carboxylic acid groups (broad SMARTS) is 1. The van der Waals surface area contributed by atoms with E-state index in [1.165, 1.54) is 63.4 Å². The van der Waals surface area contributed by atoms with E-state index in [0.29, 0.717) is 5.56 Å². The number of benzene rings is 2. The highest BCUT2D eigenvalue weighted by atomic mass is 16.4. The fraction of sp³-hybridized carbons (Fsp3) is 0.480. The number of allylic oxidation sites excluding steroid dienone is 1. The Morgan fingerprint density at radius 2 is 1.59 bits per heavy atom. The first kappa shape index (κ1) is 21.2. The molecule has 0 atom stereocenters. The number of hydrogen-bond donors (Lipinski definition) is 1. The van der Waals surface area contributed by atoms with E-state index >= 15 is 0 Å². The van der Waals surface area contributed by atoms with Gasteiger partial charge in [-0.25, -0.2) is 4.79 Å². The first-order chi connectivity index (χ1) is 13.1. The molecule has 0 aliphatic carbocycles.